The van der Waals surface area contributed by atoms with Crippen LogP contribution in [0.2, 0.25) is 0 Å². The van der Waals surface area contributed by atoms with Crippen LogP contribution >= 0.6 is 0 Å². The van der Waals surface area contributed by atoms with Crippen LogP contribution in [0.4, 0.5) is 10.2 Å². The summed E-state index contributed by atoms with van der Waals surface area (Å²) < 4.78 is 13.5. The summed E-state index contributed by atoms with van der Waals surface area (Å²) in [5.41, 5.74) is 1.20. The monoisotopic (exact) mass is 302 g/mol. The number of amides is 1. The summed E-state index contributed by atoms with van der Waals surface area (Å²) in [6.07, 6.45) is -0.000966. The topological polar surface area (TPSA) is 58.1 Å². The van der Waals surface area contributed by atoms with Gasteiger partial charge < -0.3 is 10.2 Å². The van der Waals surface area contributed by atoms with Crippen LogP contribution in [-0.2, 0) is 17.8 Å². The van der Waals surface area contributed by atoms with E-state index >= 15 is 0 Å². The Bertz CT molecular complexity index is 673. The largest absolute Gasteiger partial charge is 0.363 e. The number of hydrogen-bond donors (Lipinski definition) is 1. The number of nitrogens with one attached hydrogen (secondary N) is 1. The fraction of sp³-hybridized carbons (Fsp3) is 0.312. The molecule has 2 rings (SSSR count). The maximum atomic E-state index is 13.5. The number of halogens is 1. The first-order chi connectivity index (χ1) is 10.5. The summed E-state index contributed by atoms with van der Waals surface area (Å²) in [6.45, 7) is 2.09. The van der Waals surface area contributed by atoms with Crippen molar-refractivity contribution in [1.82, 2.24) is 15.3 Å². The summed E-state index contributed by atoms with van der Waals surface area (Å²) in [4.78, 5) is 22.4. The van der Waals surface area contributed by atoms with Gasteiger partial charge in [-0.3, -0.25) is 4.79 Å². The molecule has 1 heterocycles. The fourth-order valence-corrected chi connectivity index (χ4v) is 1.98. The van der Waals surface area contributed by atoms with Crippen LogP contribution in [0.3, 0.4) is 0 Å². The smallest absolute Gasteiger partial charge is 0.224 e. The predicted molar refractivity (Wildman–Crippen MR) is 83.0 cm³/mol. The Kier molecular flexibility index (Phi) is 5.04. The zero-order valence-electron chi connectivity index (χ0n) is 12.9. The van der Waals surface area contributed by atoms with Crippen molar-refractivity contribution >= 4 is 11.7 Å². The number of rotatable bonds is 5. The molecule has 0 saturated heterocycles. The first kappa shape index (κ1) is 15.9. The molecule has 0 spiro atoms. The molecule has 0 radical (unpaired) electrons. The molecule has 1 aromatic carbocycles. The van der Waals surface area contributed by atoms with Crippen LogP contribution in [0.15, 0.2) is 30.3 Å². The highest BCUT2D eigenvalue weighted by Gasteiger charge is 2.09. The van der Waals surface area contributed by atoms with E-state index in [1.807, 2.05) is 32.0 Å². The lowest BCUT2D eigenvalue weighted by Crippen LogP contribution is -2.26. The Morgan fingerprint density at radius 3 is 2.68 bits per heavy atom. The summed E-state index contributed by atoms with van der Waals surface area (Å²) >= 11 is 0. The van der Waals surface area contributed by atoms with Gasteiger partial charge in [0.25, 0.3) is 0 Å². The summed E-state index contributed by atoms with van der Waals surface area (Å²) in [5.74, 6) is 0.678. The third-order valence-corrected chi connectivity index (χ3v) is 3.10. The van der Waals surface area contributed by atoms with Crippen molar-refractivity contribution in [3.05, 3.63) is 53.2 Å². The van der Waals surface area contributed by atoms with Crippen molar-refractivity contribution in [3.63, 3.8) is 0 Å². The highest BCUT2D eigenvalue weighted by atomic mass is 19.1. The molecule has 1 amide bonds. The summed E-state index contributed by atoms with van der Waals surface area (Å²) in [5, 5.41) is 2.72. The number of aryl methyl sites for hydroxylation is 1. The molecule has 2 aromatic rings. The average molecular weight is 302 g/mol. The Morgan fingerprint density at radius 1 is 1.27 bits per heavy atom. The number of benzene rings is 1. The lowest BCUT2D eigenvalue weighted by atomic mass is 10.1. The normalized spacial score (nSPS) is 10.4. The Hall–Kier alpha value is -2.50. The quantitative estimate of drug-likeness (QED) is 0.916. The van der Waals surface area contributed by atoms with Gasteiger partial charge in [-0.15, -0.1) is 0 Å². The summed E-state index contributed by atoms with van der Waals surface area (Å²) in [7, 11) is 3.78. The molecule has 0 aliphatic carbocycles. The second-order valence-electron chi connectivity index (χ2n) is 5.22. The molecule has 22 heavy (non-hydrogen) atoms. The van der Waals surface area contributed by atoms with Gasteiger partial charge in [0.15, 0.2) is 0 Å². The van der Waals surface area contributed by atoms with E-state index in [2.05, 4.69) is 15.3 Å². The van der Waals surface area contributed by atoms with Crippen molar-refractivity contribution < 1.29 is 9.18 Å². The van der Waals surface area contributed by atoms with Gasteiger partial charge in [0.1, 0.15) is 17.5 Å². The molecule has 0 aliphatic heterocycles. The van der Waals surface area contributed by atoms with E-state index in [1.165, 1.54) is 6.07 Å². The zero-order valence-corrected chi connectivity index (χ0v) is 12.9. The molecular weight excluding hydrogens is 283 g/mol. The van der Waals surface area contributed by atoms with E-state index in [0.29, 0.717) is 11.4 Å². The standard InChI is InChI=1S/C16H19FN4O/c1-11-8-15(21(2)3)20-14(19-11)10-18-16(22)9-12-6-4-5-7-13(12)17/h4-8H,9-10H2,1-3H3,(H,18,22). The highest BCUT2D eigenvalue weighted by molar-refractivity contribution is 5.78. The van der Waals surface area contributed by atoms with Gasteiger partial charge in [0, 0.05) is 25.9 Å². The minimum Gasteiger partial charge on any atom is -0.363 e. The SMILES string of the molecule is Cc1cc(N(C)C)nc(CNC(=O)Cc2ccccc2F)n1. The molecule has 5 nitrogen and oxygen atoms in total. The van der Waals surface area contributed by atoms with Crippen molar-refractivity contribution in [2.75, 3.05) is 19.0 Å². The third kappa shape index (κ3) is 4.25. The van der Waals surface area contributed by atoms with Crippen LogP contribution < -0.4 is 10.2 Å². The van der Waals surface area contributed by atoms with Crippen LogP contribution in [0.5, 0.6) is 0 Å². The maximum Gasteiger partial charge on any atom is 0.224 e. The minimum atomic E-state index is -0.376. The second kappa shape index (κ2) is 6.98. The molecule has 0 unspecified atom stereocenters. The van der Waals surface area contributed by atoms with Crippen molar-refractivity contribution in [3.8, 4) is 0 Å². The number of anilines is 1. The molecule has 6 heteroatoms. The van der Waals surface area contributed by atoms with Gasteiger partial charge >= 0.3 is 0 Å². The predicted octanol–water partition coefficient (Wildman–Crippen LogP) is 1.85. The molecule has 116 valence electrons. The Balaban J connectivity index is 1.98. The van der Waals surface area contributed by atoms with Crippen molar-refractivity contribution in [2.45, 2.75) is 19.9 Å². The van der Waals surface area contributed by atoms with E-state index < -0.39 is 0 Å². The lowest BCUT2D eigenvalue weighted by Gasteiger charge is -2.13. The van der Waals surface area contributed by atoms with E-state index in [9.17, 15) is 9.18 Å². The van der Waals surface area contributed by atoms with Gasteiger partial charge in [0.05, 0.1) is 13.0 Å². The van der Waals surface area contributed by atoms with Crippen LogP contribution in [0.1, 0.15) is 17.1 Å². The van der Waals surface area contributed by atoms with Crippen LogP contribution in [0, 0.1) is 12.7 Å². The summed E-state index contributed by atoms with van der Waals surface area (Å²) in [6, 6.07) is 8.11. The number of nitrogens with zero attached hydrogens (tertiary/aromatic N) is 3. The lowest BCUT2D eigenvalue weighted by molar-refractivity contribution is -0.120. The molecule has 0 atom stereocenters. The van der Waals surface area contributed by atoms with Gasteiger partial charge in [0.2, 0.25) is 5.91 Å². The van der Waals surface area contributed by atoms with Crippen LogP contribution in [-0.4, -0.2) is 30.0 Å². The van der Waals surface area contributed by atoms with E-state index in [-0.39, 0.29) is 24.7 Å². The molecule has 0 bridgehead atoms. The molecular formula is C16H19FN4O. The first-order valence-electron chi connectivity index (χ1n) is 6.97. The average Bonchev–Trinajstić information content (AvgIpc) is 2.47. The van der Waals surface area contributed by atoms with Gasteiger partial charge in [-0.1, -0.05) is 18.2 Å². The molecule has 0 fully saturated rings. The molecule has 1 aromatic heterocycles. The highest BCUT2D eigenvalue weighted by Crippen LogP contribution is 2.09. The maximum absolute atomic E-state index is 13.5. The first-order valence-corrected chi connectivity index (χ1v) is 6.97. The van der Waals surface area contributed by atoms with Crippen LogP contribution in [0.25, 0.3) is 0 Å². The number of aromatic nitrogens is 2. The van der Waals surface area contributed by atoms with Gasteiger partial charge in [-0.25, -0.2) is 14.4 Å². The van der Waals surface area contributed by atoms with Crippen molar-refractivity contribution in [1.29, 1.82) is 0 Å². The molecule has 0 saturated carbocycles. The van der Waals surface area contributed by atoms with E-state index in [1.54, 1.807) is 18.2 Å². The van der Waals surface area contributed by atoms with E-state index in [4.69, 9.17) is 0 Å². The molecule has 0 aliphatic rings. The van der Waals surface area contributed by atoms with Crippen molar-refractivity contribution in [2.24, 2.45) is 0 Å². The minimum absolute atomic E-state index is 0.000966. The number of carbonyl (C=O) groups is 1. The van der Waals surface area contributed by atoms with E-state index in [0.717, 1.165) is 11.5 Å². The van der Waals surface area contributed by atoms with Gasteiger partial charge in [-0.2, -0.15) is 0 Å². The third-order valence-electron chi connectivity index (χ3n) is 3.10. The molecule has 1 N–H and O–H groups in total. The Labute approximate surface area is 129 Å². The fourth-order valence-electron chi connectivity index (χ4n) is 1.98. The van der Waals surface area contributed by atoms with Gasteiger partial charge in [-0.05, 0) is 18.6 Å². The Morgan fingerprint density at radius 2 is 2.00 bits per heavy atom. The second-order valence-corrected chi connectivity index (χ2v) is 5.22. The number of hydrogen-bond acceptors (Lipinski definition) is 4. The number of carbonyl (C=O) groups excluding carboxylic acids is 1. The zero-order chi connectivity index (χ0) is 16.1.